The molecule has 2 heteroatoms. The first-order chi connectivity index (χ1) is 5.90. The van der Waals surface area contributed by atoms with E-state index in [1.165, 1.54) is 5.56 Å². The fourth-order valence-electron chi connectivity index (χ4n) is 1.52. The van der Waals surface area contributed by atoms with Crippen molar-refractivity contribution >= 4 is 12.0 Å². The third-order valence-electron chi connectivity index (χ3n) is 2.19. The van der Waals surface area contributed by atoms with E-state index in [9.17, 15) is 4.79 Å². The highest BCUT2D eigenvalue weighted by Gasteiger charge is 2.16. The predicted molar refractivity (Wildman–Crippen MR) is 47.8 cm³/mol. The summed E-state index contributed by atoms with van der Waals surface area (Å²) in [6.45, 7) is 0.723. The molecule has 61 valence electrons. The van der Waals surface area contributed by atoms with Crippen molar-refractivity contribution in [1.29, 1.82) is 0 Å². The summed E-state index contributed by atoms with van der Waals surface area (Å²) in [6.07, 6.45) is 2.86. The summed E-state index contributed by atoms with van der Waals surface area (Å²) < 4.78 is 0. The molecule has 1 aromatic rings. The van der Waals surface area contributed by atoms with Crippen LogP contribution < -0.4 is 5.32 Å². The van der Waals surface area contributed by atoms with Gasteiger partial charge in [0, 0.05) is 18.2 Å². The maximum atomic E-state index is 10.4. The van der Waals surface area contributed by atoms with Crippen molar-refractivity contribution in [3.8, 4) is 0 Å². The lowest BCUT2D eigenvalue weighted by molar-refractivity contribution is 0.520. The zero-order valence-electron chi connectivity index (χ0n) is 6.71. The van der Waals surface area contributed by atoms with E-state index in [1.807, 2.05) is 30.6 Å². The van der Waals surface area contributed by atoms with Crippen molar-refractivity contribution in [2.75, 3.05) is 11.9 Å². The summed E-state index contributed by atoms with van der Waals surface area (Å²) in [6, 6.07) is 8.08. The Labute approximate surface area is 71.6 Å². The Morgan fingerprint density at radius 1 is 1.42 bits per heavy atom. The van der Waals surface area contributed by atoms with E-state index in [2.05, 4.69) is 5.32 Å². The molecule has 0 aliphatic carbocycles. The van der Waals surface area contributed by atoms with Gasteiger partial charge < -0.3 is 5.32 Å². The zero-order valence-corrected chi connectivity index (χ0v) is 6.71. The van der Waals surface area contributed by atoms with Crippen LogP contribution in [0.15, 0.2) is 24.3 Å². The van der Waals surface area contributed by atoms with Crippen LogP contribution in [0, 0.1) is 5.92 Å². The monoisotopic (exact) mass is 160 g/mol. The second-order valence-electron chi connectivity index (χ2n) is 3.06. The van der Waals surface area contributed by atoms with Crippen molar-refractivity contribution in [3.63, 3.8) is 0 Å². The van der Waals surface area contributed by atoms with Gasteiger partial charge in [-0.3, -0.25) is 4.79 Å². The van der Waals surface area contributed by atoms with Gasteiger partial charge in [-0.2, -0.15) is 0 Å². The molecular formula is C10H10NO. The molecular weight excluding hydrogens is 150 g/mol. The highest BCUT2D eigenvalue weighted by Crippen LogP contribution is 2.22. The van der Waals surface area contributed by atoms with Gasteiger partial charge in [-0.05, 0) is 18.1 Å². The minimum Gasteiger partial charge on any atom is -0.384 e. The number of anilines is 1. The van der Waals surface area contributed by atoms with Crippen LogP contribution in [-0.2, 0) is 11.2 Å². The van der Waals surface area contributed by atoms with Crippen LogP contribution in [0.25, 0.3) is 0 Å². The molecule has 2 nitrogen and oxygen atoms in total. The summed E-state index contributed by atoms with van der Waals surface area (Å²) >= 11 is 0. The molecule has 1 N–H and O–H groups in total. The molecule has 0 bridgehead atoms. The third kappa shape index (κ3) is 1.20. The first-order valence-corrected chi connectivity index (χ1v) is 4.09. The van der Waals surface area contributed by atoms with Crippen LogP contribution in [0.2, 0.25) is 0 Å². The molecule has 1 atom stereocenters. The number of hydrogen-bond donors (Lipinski definition) is 1. The number of nitrogens with one attached hydrogen (secondary N) is 1. The second kappa shape index (κ2) is 2.97. The fourth-order valence-corrected chi connectivity index (χ4v) is 1.52. The lowest BCUT2D eigenvalue weighted by Gasteiger charge is -2.21. The molecule has 1 heterocycles. The molecule has 1 aliphatic rings. The van der Waals surface area contributed by atoms with E-state index in [4.69, 9.17) is 0 Å². The Hall–Kier alpha value is -1.31. The van der Waals surface area contributed by atoms with Gasteiger partial charge in [0.05, 0.1) is 0 Å². The highest BCUT2D eigenvalue weighted by atomic mass is 16.1. The molecule has 0 amide bonds. The van der Waals surface area contributed by atoms with Crippen molar-refractivity contribution < 1.29 is 4.79 Å². The lowest BCUT2D eigenvalue weighted by Crippen LogP contribution is -2.23. The molecule has 1 aromatic carbocycles. The van der Waals surface area contributed by atoms with Crippen LogP contribution in [0.4, 0.5) is 5.69 Å². The van der Waals surface area contributed by atoms with Crippen LogP contribution in [0.3, 0.4) is 0 Å². The fraction of sp³-hybridized carbons (Fsp3) is 0.300. The molecule has 0 fully saturated rings. The van der Waals surface area contributed by atoms with Crippen LogP contribution in [0.1, 0.15) is 5.56 Å². The topological polar surface area (TPSA) is 29.1 Å². The molecule has 1 unspecified atom stereocenters. The molecule has 12 heavy (non-hydrogen) atoms. The first kappa shape index (κ1) is 7.35. The first-order valence-electron chi connectivity index (χ1n) is 4.09. The summed E-state index contributed by atoms with van der Waals surface area (Å²) in [4.78, 5) is 10.4. The Kier molecular flexibility index (Phi) is 1.82. The van der Waals surface area contributed by atoms with Gasteiger partial charge in [0.15, 0.2) is 0 Å². The van der Waals surface area contributed by atoms with Crippen molar-refractivity contribution in [2.45, 2.75) is 6.42 Å². The third-order valence-corrected chi connectivity index (χ3v) is 2.19. The lowest BCUT2D eigenvalue weighted by atomic mass is 9.95. The predicted octanol–water partition coefficient (Wildman–Crippen LogP) is 1.38. The number of hydrogen-bond acceptors (Lipinski definition) is 2. The van der Waals surface area contributed by atoms with E-state index in [1.54, 1.807) is 0 Å². The molecule has 0 saturated heterocycles. The molecule has 1 radical (unpaired) electrons. The maximum absolute atomic E-state index is 10.4. The molecule has 2 rings (SSSR count). The van der Waals surface area contributed by atoms with Crippen LogP contribution in [-0.4, -0.2) is 12.8 Å². The SMILES string of the molecule is O=[C]C1CNc2ccccc2C1. The normalized spacial score (nSPS) is 20.8. The smallest absolute Gasteiger partial charge is 0.203 e. The molecule has 0 aromatic heterocycles. The van der Waals surface area contributed by atoms with Gasteiger partial charge in [0.2, 0.25) is 6.29 Å². The van der Waals surface area contributed by atoms with Crippen molar-refractivity contribution in [3.05, 3.63) is 29.8 Å². The van der Waals surface area contributed by atoms with Crippen LogP contribution in [0.5, 0.6) is 0 Å². The van der Waals surface area contributed by atoms with E-state index >= 15 is 0 Å². The molecule has 0 saturated carbocycles. The van der Waals surface area contributed by atoms with Crippen molar-refractivity contribution in [1.82, 2.24) is 0 Å². The van der Waals surface area contributed by atoms with Gasteiger partial charge in [0.1, 0.15) is 0 Å². The Morgan fingerprint density at radius 3 is 3.08 bits per heavy atom. The number of benzene rings is 1. The average Bonchev–Trinajstić information content (AvgIpc) is 2.17. The average molecular weight is 160 g/mol. The minimum atomic E-state index is 0.0277. The Balaban J connectivity index is 2.28. The van der Waals surface area contributed by atoms with Crippen molar-refractivity contribution in [2.24, 2.45) is 5.92 Å². The molecule has 1 aliphatic heterocycles. The van der Waals surface area contributed by atoms with Gasteiger partial charge >= 0.3 is 0 Å². The Bertz CT molecular complexity index is 296. The largest absolute Gasteiger partial charge is 0.384 e. The van der Waals surface area contributed by atoms with Gasteiger partial charge in [-0.25, -0.2) is 0 Å². The Morgan fingerprint density at radius 2 is 2.25 bits per heavy atom. The zero-order chi connectivity index (χ0) is 8.39. The summed E-state index contributed by atoms with van der Waals surface area (Å²) in [5, 5.41) is 3.20. The van der Waals surface area contributed by atoms with Gasteiger partial charge in [-0.1, -0.05) is 18.2 Å². The number of rotatable bonds is 1. The summed E-state index contributed by atoms with van der Waals surface area (Å²) in [5.41, 5.74) is 2.38. The summed E-state index contributed by atoms with van der Waals surface area (Å²) in [7, 11) is 0. The quantitative estimate of drug-likeness (QED) is 0.672. The maximum Gasteiger partial charge on any atom is 0.203 e. The standard InChI is InChI=1S/C10H10NO/c12-7-8-5-9-3-1-2-4-10(9)11-6-8/h1-4,8,11H,5-6H2. The van der Waals surface area contributed by atoms with E-state index < -0.39 is 0 Å². The van der Waals surface area contributed by atoms with E-state index in [0.29, 0.717) is 0 Å². The minimum absolute atomic E-state index is 0.0277. The van der Waals surface area contributed by atoms with E-state index in [-0.39, 0.29) is 5.92 Å². The van der Waals surface area contributed by atoms with E-state index in [0.717, 1.165) is 18.7 Å². The molecule has 0 spiro atoms. The van der Waals surface area contributed by atoms with Crippen LogP contribution >= 0.6 is 0 Å². The highest BCUT2D eigenvalue weighted by molar-refractivity contribution is 5.62. The second-order valence-corrected chi connectivity index (χ2v) is 3.06. The summed E-state index contributed by atoms with van der Waals surface area (Å²) in [5.74, 6) is 0.0277. The number of fused-ring (bicyclic) bond motifs is 1. The number of para-hydroxylation sites is 1. The van der Waals surface area contributed by atoms with Gasteiger partial charge in [-0.15, -0.1) is 0 Å². The number of carbonyl (C=O) groups excluding carboxylic acids is 1. The van der Waals surface area contributed by atoms with Gasteiger partial charge in [0.25, 0.3) is 0 Å².